The summed E-state index contributed by atoms with van der Waals surface area (Å²) >= 11 is 0. The number of hydrogen-bond acceptors (Lipinski definition) is 5. The van der Waals surface area contributed by atoms with Gasteiger partial charge in [-0.25, -0.2) is 4.98 Å². The fourth-order valence-electron chi connectivity index (χ4n) is 3.38. The molecule has 6 nitrogen and oxygen atoms in total. The average molecular weight is 395 g/mol. The summed E-state index contributed by atoms with van der Waals surface area (Å²) in [7, 11) is 1.67. The van der Waals surface area contributed by atoms with Crippen LogP contribution in [0.5, 0.6) is 0 Å². The SMILES string of the molecule is COB(C)[C@H](CC(=O)[C@H](Cc1ccccc1)NC(=O)c1cnccn1)CC(C)C. The van der Waals surface area contributed by atoms with Gasteiger partial charge >= 0.3 is 0 Å². The molecule has 0 fully saturated rings. The van der Waals surface area contributed by atoms with E-state index in [2.05, 4.69) is 29.1 Å². The Hall–Kier alpha value is -2.54. The molecule has 2 rings (SSSR count). The zero-order valence-corrected chi connectivity index (χ0v) is 17.7. The van der Waals surface area contributed by atoms with Crippen LogP contribution in [0.25, 0.3) is 0 Å². The number of carbonyl (C=O) groups excluding carboxylic acids is 2. The van der Waals surface area contributed by atoms with Crippen LogP contribution in [-0.4, -0.2) is 41.7 Å². The standard InChI is InChI=1S/C22H30BN3O3/c1-16(2)12-18(23(3)29-4)14-21(27)19(13-17-8-6-5-7-9-17)26-22(28)20-15-24-10-11-25-20/h5-11,15-16,18-19H,12-14H2,1-4H3,(H,26,28)/t18-,19-/m0/s1. The molecule has 0 saturated carbocycles. The summed E-state index contributed by atoms with van der Waals surface area (Å²) in [6, 6.07) is 9.06. The summed E-state index contributed by atoms with van der Waals surface area (Å²) in [4.78, 5) is 33.8. The second-order valence-electron chi connectivity index (χ2n) is 7.81. The van der Waals surface area contributed by atoms with E-state index in [4.69, 9.17) is 4.65 Å². The van der Waals surface area contributed by atoms with Gasteiger partial charge < -0.3 is 9.97 Å². The fourth-order valence-corrected chi connectivity index (χ4v) is 3.38. The average Bonchev–Trinajstić information content (AvgIpc) is 2.73. The van der Waals surface area contributed by atoms with Gasteiger partial charge in [-0.1, -0.05) is 57.4 Å². The fraction of sp³-hybridized carbons (Fsp3) is 0.455. The van der Waals surface area contributed by atoms with Crippen LogP contribution in [0, 0.1) is 5.92 Å². The van der Waals surface area contributed by atoms with E-state index in [0.717, 1.165) is 12.0 Å². The Bertz CT molecular complexity index is 771. The number of benzene rings is 1. The molecule has 0 aliphatic heterocycles. The Labute approximate surface area is 173 Å². The number of nitrogens with zero attached hydrogens (tertiary/aromatic N) is 2. The van der Waals surface area contributed by atoms with Gasteiger partial charge in [-0.15, -0.1) is 0 Å². The van der Waals surface area contributed by atoms with Gasteiger partial charge in [-0.05, 0) is 23.7 Å². The Kier molecular flexibility index (Phi) is 8.99. The van der Waals surface area contributed by atoms with Crippen LogP contribution >= 0.6 is 0 Å². The van der Waals surface area contributed by atoms with E-state index in [9.17, 15) is 9.59 Å². The van der Waals surface area contributed by atoms with Gasteiger partial charge in [-0.2, -0.15) is 0 Å². The second-order valence-corrected chi connectivity index (χ2v) is 7.81. The lowest BCUT2D eigenvalue weighted by molar-refractivity contribution is -0.121. The number of nitrogens with one attached hydrogen (secondary N) is 1. The normalized spacial score (nSPS) is 13.0. The second kappa shape index (κ2) is 11.5. The maximum absolute atomic E-state index is 13.2. The molecule has 29 heavy (non-hydrogen) atoms. The van der Waals surface area contributed by atoms with Crippen molar-refractivity contribution in [2.75, 3.05) is 7.11 Å². The molecule has 154 valence electrons. The van der Waals surface area contributed by atoms with Gasteiger partial charge in [0.2, 0.25) is 0 Å². The summed E-state index contributed by atoms with van der Waals surface area (Å²) in [5.74, 6) is 0.152. The highest BCUT2D eigenvalue weighted by atomic mass is 16.4. The van der Waals surface area contributed by atoms with Crippen LogP contribution in [0.3, 0.4) is 0 Å². The van der Waals surface area contributed by atoms with Crippen LogP contribution < -0.4 is 5.32 Å². The third-order valence-electron chi connectivity index (χ3n) is 5.05. The van der Waals surface area contributed by atoms with Gasteiger partial charge in [0, 0.05) is 25.9 Å². The first kappa shape index (κ1) is 22.8. The number of amides is 1. The summed E-state index contributed by atoms with van der Waals surface area (Å²) in [5, 5.41) is 2.87. The van der Waals surface area contributed by atoms with Crippen LogP contribution in [0.4, 0.5) is 0 Å². The molecule has 0 radical (unpaired) electrons. The molecular weight excluding hydrogens is 365 g/mol. The number of Topliss-reactive ketones (excluding diaryl/α,β-unsaturated/α-hetero) is 1. The van der Waals surface area contributed by atoms with Crippen molar-refractivity contribution in [3.8, 4) is 0 Å². The zero-order chi connectivity index (χ0) is 21.2. The predicted octanol–water partition coefficient (Wildman–Crippen LogP) is 3.46. The first-order chi connectivity index (χ1) is 13.9. The van der Waals surface area contributed by atoms with E-state index in [1.54, 1.807) is 7.11 Å². The van der Waals surface area contributed by atoms with Gasteiger partial charge in [0.25, 0.3) is 12.8 Å². The molecule has 0 saturated heterocycles. The molecule has 2 aromatic rings. The Morgan fingerprint density at radius 1 is 1.17 bits per heavy atom. The third kappa shape index (κ3) is 7.42. The van der Waals surface area contributed by atoms with Crippen molar-refractivity contribution in [1.29, 1.82) is 0 Å². The first-order valence-corrected chi connectivity index (χ1v) is 10.1. The number of rotatable bonds is 11. The topological polar surface area (TPSA) is 81.2 Å². The van der Waals surface area contributed by atoms with E-state index >= 15 is 0 Å². The molecule has 0 unspecified atom stereocenters. The highest BCUT2D eigenvalue weighted by Crippen LogP contribution is 2.26. The molecule has 1 aromatic carbocycles. The third-order valence-corrected chi connectivity index (χ3v) is 5.05. The molecule has 2 atom stereocenters. The molecule has 0 spiro atoms. The molecule has 1 N–H and O–H groups in total. The van der Waals surface area contributed by atoms with Crippen molar-refractivity contribution in [2.45, 2.75) is 51.8 Å². The van der Waals surface area contributed by atoms with Gasteiger partial charge in [0.05, 0.1) is 12.2 Å². The van der Waals surface area contributed by atoms with Crippen molar-refractivity contribution >= 4 is 18.6 Å². The predicted molar refractivity (Wildman–Crippen MR) is 115 cm³/mol. The van der Waals surface area contributed by atoms with E-state index in [1.807, 2.05) is 37.2 Å². The van der Waals surface area contributed by atoms with E-state index in [1.165, 1.54) is 18.6 Å². The van der Waals surface area contributed by atoms with Crippen LogP contribution in [0.2, 0.25) is 12.6 Å². The summed E-state index contributed by atoms with van der Waals surface area (Å²) in [5.41, 5.74) is 1.19. The van der Waals surface area contributed by atoms with E-state index in [-0.39, 0.29) is 24.2 Å². The monoisotopic (exact) mass is 395 g/mol. The molecule has 1 amide bonds. The van der Waals surface area contributed by atoms with Crippen molar-refractivity contribution in [2.24, 2.45) is 5.92 Å². The quantitative estimate of drug-likeness (QED) is 0.590. The molecule has 0 aliphatic carbocycles. The molecule has 1 heterocycles. The van der Waals surface area contributed by atoms with Crippen LogP contribution in [0.15, 0.2) is 48.9 Å². The van der Waals surface area contributed by atoms with E-state index in [0.29, 0.717) is 18.8 Å². The Balaban J connectivity index is 2.18. The van der Waals surface area contributed by atoms with Crippen molar-refractivity contribution in [3.63, 3.8) is 0 Å². The summed E-state index contributed by atoms with van der Waals surface area (Å²) in [6.45, 7) is 6.23. The highest BCUT2D eigenvalue weighted by molar-refractivity contribution is 6.52. The minimum atomic E-state index is -0.634. The smallest absolute Gasteiger partial charge is 0.293 e. The largest absolute Gasteiger partial charge is 0.438 e. The molecule has 7 heteroatoms. The van der Waals surface area contributed by atoms with Gasteiger partial charge in [-0.3, -0.25) is 14.6 Å². The summed E-state index contributed by atoms with van der Waals surface area (Å²) in [6.07, 6.45) is 6.03. The number of carbonyl (C=O) groups is 2. The maximum Gasteiger partial charge on any atom is 0.293 e. The van der Waals surface area contributed by atoms with Crippen molar-refractivity contribution < 1.29 is 14.2 Å². The molecule has 1 aromatic heterocycles. The minimum absolute atomic E-state index is 0.000596. The van der Waals surface area contributed by atoms with Crippen molar-refractivity contribution in [1.82, 2.24) is 15.3 Å². The first-order valence-electron chi connectivity index (χ1n) is 10.1. The lowest BCUT2D eigenvalue weighted by Gasteiger charge is -2.24. The Morgan fingerprint density at radius 3 is 2.48 bits per heavy atom. The van der Waals surface area contributed by atoms with Gasteiger partial charge in [0.15, 0.2) is 5.78 Å². The molecule has 0 bridgehead atoms. The maximum atomic E-state index is 13.2. The number of ketones is 1. The molecule has 0 aliphatic rings. The van der Waals surface area contributed by atoms with Crippen LogP contribution in [0.1, 0.15) is 42.7 Å². The lowest BCUT2D eigenvalue weighted by Crippen LogP contribution is -2.43. The summed E-state index contributed by atoms with van der Waals surface area (Å²) < 4.78 is 5.50. The zero-order valence-electron chi connectivity index (χ0n) is 17.7. The number of aromatic nitrogens is 2. The number of hydrogen-bond donors (Lipinski definition) is 1. The van der Waals surface area contributed by atoms with E-state index < -0.39 is 11.9 Å². The van der Waals surface area contributed by atoms with Crippen molar-refractivity contribution in [3.05, 3.63) is 60.2 Å². The lowest BCUT2D eigenvalue weighted by atomic mass is 9.54. The van der Waals surface area contributed by atoms with Crippen LogP contribution in [-0.2, 0) is 15.9 Å². The molecular formula is C22H30BN3O3. The Morgan fingerprint density at radius 2 is 1.90 bits per heavy atom. The minimum Gasteiger partial charge on any atom is -0.438 e. The van der Waals surface area contributed by atoms with Gasteiger partial charge in [0.1, 0.15) is 5.69 Å². The highest BCUT2D eigenvalue weighted by Gasteiger charge is 2.30.